The molecular formula is C21H23N5O. The van der Waals surface area contributed by atoms with Crippen LogP contribution in [0.2, 0.25) is 0 Å². The van der Waals surface area contributed by atoms with Crippen molar-refractivity contribution in [1.29, 1.82) is 0 Å². The van der Waals surface area contributed by atoms with Crippen molar-refractivity contribution in [3.8, 4) is 22.8 Å². The average Bonchev–Trinajstić information content (AvgIpc) is 3.36. The molecule has 0 atom stereocenters. The Kier molecular flexibility index (Phi) is 4.89. The van der Waals surface area contributed by atoms with Crippen LogP contribution in [0.15, 0.2) is 60.9 Å². The Morgan fingerprint density at radius 3 is 2.63 bits per heavy atom. The van der Waals surface area contributed by atoms with Crippen molar-refractivity contribution in [1.82, 2.24) is 24.9 Å². The molecule has 0 unspecified atom stereocenters. The highest BCUT2D eigenvalue weighted by molar-refractivity contribution is 5.79. The Bertz CT molecular complexity index is 1000. The van der Waals surface area contributed by atoms with E-state index in [1.165, 1.54) is 0 Å². The second-order valence-electron chi connectivity index (χ2n) is 6.61. The van der Waals surface area contributed by atoms with Gasteiger partial charge in [-0.25, -0.2) is 0 Å². The number of H-pyrrole nitrogens is 1. The van der Waals surface area contributed by atoms with Crippen LogP contribution in [0.4, 0.5) is 0 Å². The van der Waals surface area contributed by atoms with Crippen molar-refractivity contribution in [3.63, 3.8) is 0 Å². The fourth-order valence-electron chi connectivity index (χ4n) is 2.92. The van der Waals surface area contributed by atoms with E-state index in [2.05, 4.69) is 40.4 Å². The van der Waals surface area contributed by atoms with E-state index in [0.717, 1.165) is 53.3 Å². The first-order valence-corrected chi connectivity index (χ1v) is 9.14. The average molecular weight is 361 g/mol. The summed E-state index contributed by atoms with van der Waals surface area (Å²) in [6.07, 6.45) is 3.82. The molecule has 0 bridgehead atoms. The van der Waals surface area contributed by atoms with Gasteiger partial charge >= 0.3 is 0 Å². The van der Waals surface area contributed by atoms with Crippen molar-refractivity contribution >= 4 is 10.9 Å². The zero-order chi connectivity index (χ0) is 18.6. The molecule has 1 N–H and O–H groups in total. The number of likely N-dealkylation sites (N-methyl/N-ethyl adjacent to an activating group) is 1. The van der Waals surface area contributed by atoms with E-state index in [-0.39, 0.29) is 0 Å². The van der Waals surface area contributed by atoms with E-state index < -0.39 is 0 Å². The summed E-state index contributed by atoms with van der Waals surface area (Å²) in [5.74, 6) is 1.61. The number of ether oxygens (including phenoxy) is 1. The number of aromatic nitrogens is 4. The molecule has 2 heterocycles. The summed E-state index contributed by atoms with van der Waals surface area (Å²) in [6.45, 7) is 5.06. The van der Waals surface area contributed by atoms with Gasteiger partial charge in [0, 0.05) is 24.3 Å². The second-order valence-corrected chi connectivity index (χ2v) is 6.61. The van der Waals surface area contributed by atoms with Gasteiger partial charge in [-0.2, -0.15) is 10.2 Å². The lowest BCUT2D eigenvalue weighted by Crippen LogP contribution is -2.22. The first-order chi connectivity index (χ1) is 13.2. The van der Waals surface area contributed by atoms with Crippen LogP contribution < -0.4 is 4.74 Å². The zero-order valence-corrected chi connectivity index (χ0v) is 15.6. The number of hydrogen-bond donors (Lipinski definition) is 1. The molecule has 0 saturated heterocycles. The van der Waals surface area contributed by atoms with Crippen LogP contribution in [0.3, 0.4) is 0 Å². The van der Waals surface area contributed by atoms with Gasteiger partial charge in [0.1, 0.15) is 11.5 Å². The predicted octanol–water partition coefficient (Wildman–Crippen LogP) is 4.17. The zero-order valence-electron chi connectivity index (χ0n) is 15.6. The Balaban J connectivity index is 1.47. The largest absolute Gasteiger partial charge is 0.457 e. The molecule has 0 aliphatic heterocycles. The van der Waals surface area contributed by atoms with Crippen molar-refractivity contribution in [2.75, 3.05) is 20.1 Å². The molecule has 138 valence electrons. The summed E-state index contributed by atoms with van der Waals surface area (Å²) in [5, 5.41) is 12.7. The van der Waals surface area contributed by atoms with Gasteiger partial charge in [-0.05, 0) is 67.7 Å². The van der Waals surface area contributed by atoms with Crippen LogP contribution in [0, 0.1) is 0 Å². The van der Waals surface area contributed by atoms with Crippen LogP contribution >= 0.6 is 0 Å². The molecular weight excluding hydrogens is 338 g/mol. The van der Waals surface area contributed by atoms with E-state index in [9.17, 15) is 0 Å². The highest BCUT2D eigenvalue weighted by Gasteiger charge is 2.05. The number of nitrogens with one attached hydrogen (secondary N) is 1. The van der Waals surface area contributed by atoms with Crippen molar-refractivity contribution in [2.45, 2.75) is 13.5 Å². The lowest BCUT2D eigenvalue weighted by Gasteiger charge is -2.12. The molecule has 0 spiro atoms. The summed E-state index contributed by atoms with van der Waals surface area (Å²) in [4.78, 5) is 2.27. The lowest BCUT2D eigenvalue weighted by molar-refractivity contribution is 0.328. The molecule has 0 aliphatic rings. The first kappa shape index (κ1) is 17.3. The van der Waals surface area contributed by atoms with Crippen LogP contribution in [-0.4, -0.2) is 45.0 Å². The Morgan fingerprint density at radius 1 is 1.07 bits per heavy atom. The molecule has 0 amide bonds. The van der Waals surface area contributed by atoms with Crippen molar-refractivity contribution < 1.29 is 4.74 Å². The Hall–Kier alpha value is -3.12. The van der Waals surface area contributed by atoms with E-state index >= 15 is 0 Å². The third-order valence-electron chi connectivity index (χ3n) is 4.68. The molecule has 2 aromatic heterocycles. The fourth-order valence-corrected chi connectivity index (χ4v) is 2.92. The molecule has 0 fully saturated rings. The van der Waals surface area contributed by atoms with Crippen LogP contribution in [-0.2, 0) is 6.54 Å². The number of nitrogens with zero attached hydrogens (tertiary/aromatic N) is 4. The van der Waals surface area contributed by atoms with Crippen LogP contribution in [0.5, 0.6) is 11.5 Å². The summed E-state index contributed by atoms with van der Waals surface area (Å²) in [6, 6.07) is 15.9. The van der Waals surface area contributed by atoms with E-state index in [4.69, 9.17) is 4.74 Å². The molecule has 2 aromatic carbocycles. The van der Waals surface area contributed by atoms with Gasteiger partial charge in [-0.1, -0.05) is 6.92 Å². The number of hydrogen-bond acceptors (Lipinski definition) is 4. The number of rotatable bonds is 7. The number of aromatic amines is 1. The normalized spacial score (nSPS) is 11.4. The summed E-state index contributed by atoms with van der Waals surface area (Å²) < 4.78 is 8.01. The maximum atomic E-state index is 6.01. The van der Waals surface area contributed by atoms with Gasteiger partial charge in [-0.3, -0.25) is 9.78 Å². The van der Waals surface area contributed by atoms with Crippen LogP contribution in [0.25, 0.3) is 22.2 Å². The quantitative estimate of drug-likeness (QED) is 0.537. The summed E-state index contributed by atoms with van der Waals surface area (Å²) >= 11 is 0. The third kappa shape index (κ3) is 4.01. The van der Waals surface area contributed by atoms with Gasteiger partial charge in [-0.15, -0.1) is 0 Å². The maximum absolute atomic E-state index is 6.01. The molecule has 27 heavy (non-hydrogen) atoms. The number of fused-ring (bicyclic) bond motifs is 1. The highest BCUT2D eigenvalue weighted by atomic mass is 16.5. The van der Waals surface area contributed by atoms with E-state index in [1.54, 1.807) is 6.20 Å². The first-order valence-electron chi connectivity index (χ1n) is 9.14. The van der Waals surface area contributed by atoms with Gasteiger partial charge in [0.25, 0.3) is 0 Å². The topological polar surface area (TPSA) is 59.0 Å². The molecule has 6 nitrogen and oxygen atoms in total. The Morgan fingerprint density at radius 2 is 1.89 bits per heavy atom. The predicted molar refractivity (Wildman–Crippen MR) is 107 cm³/mol. The van der Waals surface area contributed by atoms with Crippen molar-refractivity contribution in [3.05, 3.63) is 60.9 Å². The van der Waals surface area contributed by atoms with Gasteiger partial charge in [0.05, 0.1) is 17.8 Å². The van der Waals surface area contributed by atoms with Gasteiger partial charge < -0.3 is 9.64 Å². The van der Waals surface area contributed by atoms with Gasteiger partial charge in [0.2, 0.25) is 0 Å². The minimum absolute atomic E-state index is 0.801. The molecule has 4 aromatic rings. The molecule has 0 saturated carbocycles. The van der Waals surface area contributed by atoms with E-state index in [1.807, 2.05) is 53.2 Å². The molecule has 0 aliphatic carbocycles. The monoisotopic (exact) mass is 361 g/mol. The van der Waals surface area contributed by atoms with Gasteiger partial charge in [0.15, 0.2) is 0 Å². The fraction of sp³-hybridized carbons (Fsp3) is 0.238. The SMILES string of the molecule is CCN(C)CCn1cc2cc(Oc3ccc(-c4ccn[nH]4)cc3)ccc2n1. The molecule has 4 rings (SSSR count). The summed E-state index contributed by atoms with van der Waals surface area (Å²) in [7, 11) is 2.12. The standard InChI is InChI=1S/C21H23N5O/c1-3-25(2)12-13-26-15-17-14-19(8-9-21(17)24-26)27-18-6-4-16(5-7-18)20-10-11-22-23-20/h4-11,14-15H,3,12-13H2,1-2H3,(H,22,23). The third-order valence-corrected chi connectivity index (χ3v) is 4.68. The Labute approximate surface area is 158 Å². The van der Waals surface area contributed by atoms with Crippen molar-refractivity contribution in [2.24, 2.45) is 0 Å². The smallest absolute Gasteiger partial charge is 0.128 e. The molecule has 0 radical (unpaired) electrons. The maximum Gasteiger partial charge on any atom is 0.128 e. The number of benzene rings is 2. The van der Waals surface area contributed by atoms with E-state index in [0.29, 0.717) is 0 Å². The summed E-state index contributed by atoms with van der Waals surface area (Å²) in [5.41, 5.74) is 3.05. The second kappa shape index (κ2) is 7.63. The highest BCUT2D eigenvalue weighted by Crippen LogP contribution is 2.27. The lowest BCUT2D eigenvalue weighted by atomic mass is 10.1. The molecule has 6 heteroatoms. The minimum Gasteiger partial charge on any atom is -0.457 e. The van der Waals surface area contributed by atoms with Crippen LogP contribution in [0.1, 0.15) is 6.92 Å². The minimum atomic E-state index is 0.801.